The van der Waals surface area contributed by atoms with Gasteiger partial charge in [0.1, 0.15) is 0 Å². The predicted octanol–water partition coefficient (Wildman–Crippen LogP) is 3.46. The van der Waals surface area contributed by atoms with Crippen molar-refractivity contribution in [3.05, 3.63) is 5.82 Å². The number of anilines is 1. The molecule has 102 valence electrons. The van der Waals surface area contributed by atoms with Gasteiger partial charge < -0.3 is 9.42 Å². The lowest BCUT2D eigenvalue weighted by molar-refractivity contribution is 0.195. The lowest BCUT2D eigenvalue weighted by Crippen LogP contribution is -2.38. The molecule has 1 aromatic heterocycles. The Morgan fingerprint density at radius 1 is 1.22 bits per heavy atom. The van der Waals surface area contributed by atoms with Gasteiger partial charge in [-0.2, -0.15) is 4.98 Å². The number of nitrogens with zero attached hydrogens (tertiary/aromatic N) is 3. The van der Waals surface area contributed by atoms with Gasteiger partial charge in [-0.05, 0) is 24.2 Å². The summed E-state index contributed by atoms with van der Waals surface area (Å²) < 4.78 is 5.35. The summed E-state index contributed by atoms with van der Waals surface area (Å²) >= 11 is 0. The summed E-state index contributed by atoms with van der Waals surface area (Å²) in [4.78, 5) is 6.69. The fraction of sp³-hybridized carbons (Fsp3) is 0.857. The highest BCUT2D eigenvalue weighted by Crippen LogP contribution is 2.35. The van der Waals surface area contributed by atoms with Gasteiger partial charge in [0, 0.05) is 19.0 Å². The minimum atomic E-state index is 0.328. The van der Waals surface area contributed by atoms with Gasteiger partial charge in [0.15, 0.2) is 5.82 Å². The molecule has 1 aliphatic heterocycles. The van der Waals surface area contributed by atoms with Crippen LogP contribution in [-0.2, 0) is 0 Å². The van der Waals surface area contributed by atoms with Gasteiger partial charge in [-0.1, -0.05) is 39.8 Å². The molecule has 4 nitrogen and oxygen atoms in total. The van der Waals surface area contributed by atoms with E-state index in [9.17, 15) is 0 Å². The Morgan fingerprint density at radius 2 is 1.83 bits per heavy atom. The number of hydrogen-bond donors (Lipinski definition) is 0. The molecule has 4 heteroatoms. The van der Waals surface area contributed by atoms with Crippen LogP contribution in [0.2, 0.25) is 0 Å². The molecule has 1 aromatic rings. The van der Waals surface area contributed by atoms with Gasteiger partial charge in [-0.3, -0.25) is 0 Å². The van der Waals surface area contributed by atoms with Crippen molar-refractivity contribution in [2.75, 3.05) is 18.0 Å². The number of rotatable bonds is 2. The van der Waals surface area contributed by atoms with E-state index < -0.39 is 0 Å². The topological polar surface area (TPSA) is 42.2 Å². The van der Waals surface area contributed by atoms with Crippen molar-refractivity contribution in [1.29, 1.82) is 0 Å². The molecule has 0 bridgehead atoms. The second-order valence-electron chi connectivity index (χ2n) is 6.72. The molecule has 1 saturated heterocycles. The number of piperidine rings is 1. The van der Waals surface area contributed by atoms with Gasteiger partial charge in [0.2, 0.25) is 0 Å². The second-order valence-corrected chi connectivity index (χ2v) is 6.72. The Morgan fingerprint density at radius 3 is 2.28 bits per heavy atom. The van der Waals surface area contributed by atoms with Crippen LogP contribution in [0.3, 0.4) is 0 Å². The molecule has 1 fully saturated rings. The highest BCUT2D eigenvalue weighted by molar-refractivity contribution is 5.26. The van der Waals surface area contributed by atoms with Gasteiger partial charge in [0.05, 0.1) is 0 Å². The van der Waals surface area contributed by atoms with Crippen molar-refractivity contribution in [3.63, 3.8) is 0 Å². The summed E-state index contributed by atoms with van der Waals surface area (Å²) in [6, 6.07) is 0.700. The lowest BCUT2D eigenvalue weighted by Gasteiger charge is -2.37. The van der Waals surface area contributed by atoms with Crippen LogP contribution in [-0.4, -0.2) is 23.2 Å². The first kappa shape index (κ1) is 13.4. The monoisotopic (exact) mass is 251 g/mol. The van der Waals surface area contributed by atoms with Crippen LogP contribution >= 0.6 is 0 Å². The summed E-state index contributed by atoms with van der Waals surface area (Å²) in [7, 11) is 0. The standard InChI is InChI=1S/C14H25N3O/c1-10(2)12-15-13(18-16-12)17-8-6-11(7-9-17)14(3,4)5/h10-11H,6-9H2,1-5H3. The number of aromatic nitrogens is 2. The van der Waals surface area contributed by atoms with Gasteiger partial charge >= 0.3 is 6.01 Å². The molecule has 0 radical (unpaired) electrons. The van der Waals surface area contributed by atoms with E-state index in [2.05, 4.69) is 49.7 Å². The highest BCUT2D eigenvalue weighted by Gasteiger charge is 2.30. The molecule has 2 heterocycles. The van der Waals surface area contributed by atoms with Crippen LogP contribution < -0.4 is 4.90 Å². The van der Waals surface area contributed by atoms with E-state index in [0.717, 1.165) is 24.8 Å². The Bertz CT molecular complexity index is 384. The zero-order valence-electron chi connectivity index (χ0n) is 12.2. The molecular weight excluding hydrogens is 226 g/mol. The minimum Gasteiger partial charge on any atom is -0.324 e. The van der Waals surface area contributed by atoms with Crippen LogP contribution in [0.25, 0.3) is 0 Å². The van der Waals surface area contributed by atoms with Crippen LogP contribution in [0.1, 0.15) is 59.2 Å². The third-order valence-corrected chi connectivity index (χ3v) is 3.94. The summed E-state index contributed by atoms with van der Waals surface area (Å²) in [6.07, 6.45) is 2.42. The van der Waals surface area contributed by atoms with Gasteiger partial charge in [0.25, 0.3) is 0 Å². The molecule has 0 aliphatic carbocycles. The summed E-state index contributed by atoms with van der Waals surface area (Å²) in [5.74, 6) is 1.93. The first-order chi connectivity index (χ1) is 8.38. The van der Waals surface area contributed by atoms with Crippen molar-refractivity contribution >= 4 is 6.01 Å². The third-order valence-electron chi connectivity index (χ3n) is 3.94. The fourth-order valence-corrected chi connectivity index (χ4v) is 2.53. The zero-order chi connectivity index (χ0) is 13.3. The molecular formula is C14H25N3O. The number of hydrogen-bond acceptors (Lipinski definition) is 4. The molecule has 0 saturated carbocycles. The molecule has 0 amide bonds. The Kier molecular flexibility index (Phi) is 3.64. The van der Waals surface area contributed by atoms with Crippen molar-refractivity contribution in [1.82, 2.24) is 10.1 Å². The lowest BCUT2D eigenvalue weighted by atomic mass is 9.75. The average molecular weight is 251 g/mol. The maximum absolute atomic E-state index is 5.35. The van der Waals surface area contributed by atoms with E-state index in [1.54, 1.807) is 0 Å². The molecule has 0 atom stereocenters. The quantitative estimate of drug-likeness (QED) is 0.807. The highest BCUT2D eigenvalue weighted by atomic mass is 16.5. The van der Waals surface area contributed by atoms with Crippen LogP contribution in [0, 0.1) is 11.3 Å². The molecule has 0 aromatic carbocycles. The van der Waals surface area contributed by atoms with E-state index >= 15 is 0 Å². The molecule has 0 spiro atoms. The van der Waals surface area contributed by atoms with E-state index in [-0.39, 0.29) is 0 Å². The summed E-state index contributed by atoms with van der Waals surface area (Å²) in [6.45, 7) is 13.2. The Balaban J connectivity index is 1.97. The van der Waals surface area contributed by atoms with E-state index in [1.807, 2.05) is 0 Å². The van der Waals surface area contributed by atoms with Crippen molar-refractivity contribution in [2.45, 2.75) is 53.4 Å². The largest absolute Gasteiger partial charge is 0.324 e. The van der Waals surface area contributed by atoms with Gasteiger partial charge in [-0.15, -0.1) is 0 Å². The second kappa shape index (κ2) is 4.90. The SMILES string of the molecule is CC(C)c1noc(N2CCC(C(C)(C)C)CC2)n1. The zero-order valence-corrected chi connectivity index (χ0v) is 12.2. The molecule has 1 aliphatic rings. The first-order valence-corrected chi connectivity index (χ1v) is 6.96. The smallest absolute Gasteiger partial charge is 0.324 e. The van der Waals surface area contributed by atoms with Crippen LogP contribution in [0.5, 0.6) is 0 Å². The van der Waals surface area contributed by atoms with Gasteiger partial charge in [-0.25, -0.2) is 0 Å². The Hall–Kier alpha value is -1.06. The minimum absolute atomic E-state index is 0.328. The van der Waals surface area contributed by atoms with Crippen molar-refractivity contribution in [2.24, 2.45) is 11.3 Å². The third kappa shape index (κ3) is 2.85. The maximum Gasteiger partial charge on any atom is 0.324 e. The van der Waals surface area contributed by atoms with E-state index in [1.165, 1.54) is 12.8 Å². The van der Waals surface area contributed by atoms with E-state index in [4.69, 9.17) is 4.52 Å². The van der Waals surface area contributed by atoms with Crippen LogP contribution in [0.4, 0.5) is 6.01 Å². The predicted molar refractivity (Wildman–Crippen MR) is 72.8 cm³/mol. The van der Waals surface area contributed by atoms with Crippen molar-refractivity contribution in [3.8, 4) is 0 Å². The summed E-state index contributed by atoms with van der Waals surface area (Å²) in [5, 5.41) is 4.03. The van der Waals surface area contributed by atoms with E-state index in [0.29, 0.717) is 17.3 Å². The normalized spacial score (nSPS) is 18.7. The van der Waals surface area contributed by atoms with Crippen molar-refractivity contribution < 1.29 is 4.52 Å². The first-order valence-electron chi connectivity index (χ1n) is 6.96. The molecule has 0 unspecified atom stereocenters. The van der Waals surface area contributed by atoms with Crippen LogP contribution in [0.15, 0.2) is 4.52 Å². The maximum atomic E-state index is 5.35. The Labute approximate surface area is 110 Å². The summed E-state index contributed by atoms with van der Waals surface area (Å²) in [5.41, 5.74) is 0.407. The molecule has 0 N–H and O–H groups in total. The average Bonchev–Trinajstić information content (AvgIpc) is 2.77. The molecule has 18 heavy (non-hydrogen) atoms. The molecule has 2 rings (SSSR count). The fourth-order valence-electron chi connectivity index (χ4n) is 2.53.